The van der Waals surface area contributed by atoms with Gasteiger partial charge in [-0.2, -0.15) is 0 Å². The molecular weight excluding hydrogens is 532 g/mol. The van der Waals surface area contributed by atoms with E-state index in [9.17, 15) is 19.5 Å². The number of aliphatic hydroxyl groups is 1. The normalized spacial score (nSPS) is 30.2. The summed E-state index contributed by atoms with van der Waals surface area (Å²) in [5, 5.41) is 10.7. The lowest BCUT2D eigenvalue weighted by atomic mass is 9.62. The second kappa shape index (κ2) is 13.6. The molecule has 7 atom stereocenters. The van der Waals surface area contributed by atoms with E-state index < -0.39 is 41.1 Å². The van der Waals surface area contributed by atoms with Crippen molar-refractivity contribution < 1.29 is 29.0 Å². The molecule has 0 radical (unpaired) electrons. The van der Waals surface area contributed by atoms with Crippen molar-refractivity contribution in [1.29, 1.82) is 0 Å². The number of allylic oxidation sites excluding steroid dienone is 1. The van der Waals surface area contributed by atoms with E-state index >= 15 is 0 Å². The first-order valence-electron chi connectivity index (χ1n) is 15.6. The van der Waals surface area contributed by atoms with Crippen LogP contribution in [0.25, 0.3) is 0 Å². The monoisotopic (exact) mass is 580 g/mol. The third kappa shape index (κ3) is 5.55. The number of hydrogen-bond acceptors (Lipinski definition) is 6. The van der Waals surface area contributed by atoms with Gasteiger partial charge in [0.05, 0.1) is 30.8 Å². The zero-order valence-electron chi connectivity index (χ0n) is 25.5. The minimum absolute atomic E-state index is 0.0904. The Kier molecular flexibility index (Phi) is 10.3. The molecule has 2 bridgehead atoms. The molecule has 1 aromatic carbocycles. The molecule has 8 nitrogen and oxygen atoms in total. The van der Waals surface area contributed by atoms with Gasteiger partial charge in [-0.05, 0) is 50.5 Å². The highest BCUT2D eigenvalue weighted by Gasteiger charge is 2.80. The summed E-state index contributed by atoms with van der Waals surface area (Å²) < 4.78 is 12.6. The van der Waals surface area contributed by atoms with Crippen LogP contribution in [-0.4, -0.2) is 76.2 Å². The number of benzene rings is 1. The largest absolute Gasteiger partial charge is 0.465 e. The first kappa shape index (κ1) is 32.0. The van der Waals surface area contributed by atoms with Gasteiger partial charge in [-0.1, -0.05) is 69.2 Å². The number of ether oxygens (including phenoxy) is 2. The first-order chi connectivity index (χ1) is 20.2. The second-order valence-electron chi connectivity index (χ2n) is 12.3. The Morgan fingerprint density at radius 1 is 1.19 bits per heavy atom. The molecule has 230 valence electrons. The SMILES string of the molecule is C=CCCCCOC(=O)[C@@H]1[C@H]2C(=O)N([C@H](CO)c3ccccc3)C(C(=O)N(CC=C)CCCCC)C23CC(C)[C@@]1(C)O3. The quantitative estimate of drug-likeness (QED) is 0.171. The number of rotatable bonds is 16. The summed E-state index contributed by atoms with van der Waals surface area (Å²) >= 11 is 0. The second-order valence-corrected chi connectivity index (χ2v) is 12.3. The molecular formula is C34H48N2O6. The van der Waals surface area contributed by atoms with Gasteiger partial charge in [-0.15, -0.1) is 13.2 Å². The van der Waals surface area contributed by atoms with E-state index in [0.717, 1.165) is 37.7 Å². The molecule has 3 aliphatic heterocycles. The third-order valence-corrected chi connectivity index (χ3v) is 9.67. The number of aliphatic hydroxyl groups excluding tert-OH is 1. The van der Waals surface area contributed by atoms with Crippen LogP contribution < -0.4 is 0 Å². The number of unbranched alkanes of at least 4 members (excludes halogenated alkanes) is 4. The van der Waals surface area contributed by atoms with Crippen molar-refractivity contribution in [3.8, 4) is 0 Å². The molecule has 1 spiro atoms. The molecule has 3 aliphatic rings. The highest BCUT2D eigenvalue weighted by molar-refractivity contribution is 5.99. The number of nitrogens with zero attached hydrogens (tertiary/aromatic N) is 2. The highest BCUT2D eigenvalue weighted by Crippen LogP contribution is 2.66. The number of carbonyl (C=O) groups excluding carboxylic acids is 3. The van der Waals surface area contributed by atoms with Crippen LogP contribution >= 0.6 is 0 Å². The van der Waals surface area contributed by atoms with Gasteiger partial charge in [-0.3, -0.25) is 14.4 Å². The minimum atomic E-state index is -1.21. The van der Waals surface area contributed by atoms with Crippen molar-refractivity contribution >= 4 is 17.8 Å². The van der Waals surface area contributed by atoms with Crippen molar-refractivity contribution in [3.63, 3.8) is 0 Å². The van der Waals surface area contributed by atoms with Gasteiger partial charge < -0.3 is 24.4 Å². The lowest BCUT2D eigenvalue weighted by molar-refractivity contribution is -0.164. The smallest absolute Gasteiger partial charge is 0.312 e. The molecule has 8 heteroatoms. The van der Waals surface area contributed by atoms with Crippen molar-refractivity contribution in [2.75, 3.05) is 26.3 Å². The van der Waals surface area contributed by atoms with Crippen molar-refractivity contribution in [1.82, 2.24) is 9.80 Å². The molecule has 3 fully saturated rings. The van der Waals surface area contributed by atoms with Crippen LogP contribution in [0.1, 0.15) is 77.3 Å². The molecule has 3 saturated heterocycles. The van der Waals surface area contributed by atoms with E-state index in [4.69, 9.17) is 9.47 Å². The van der Waals surface area contributed by atoms with Crippen LogP contribution in [0.2, 0.25) is 0 Å². The maximum absolute atomic E-state index is 14.6. The number of carbonyl (C=O) groups is 3. The predicted octanol–water partition coefficient (Wildman–Crippen LogP) is 4.84. The standard InChI is InChI=1S/C34H48N2O6/c1-6-9-11-16-21-41-32(40)28-27-30(38)36(26(23-37)25-17-13-12-14-18-25)29(34(27)22-24(4)33(28,5)42-34)31(39)35(19-8-3)20-15-10-7-2/h6,8,12-14,17-18,24,26-29,37H,1,3,7,9-11,15-16,19-23H2,2,4-5H3/t24?,26-,27+,28+,29?,33-,34?/m1/s1. The van der Waals surface area contributed by atoms with E-state index in [1.54, 1.807) is 11.0 Å². The molecule has 2 amide bonds. The Morgan fingerprint density at radius 3 is 2.57 bits per heavy atom. The molecule has 42 heavy (non-hydrogen) atoms. The number of fused-ring (bicyclic) bond motifs is 1. The molecule has 0 aliphatic carbocycles. The Hall–Kier alpha value is -2.97. The molecule has 0 aromatic heterocycles. The minimum Gasteiger partial charge on any atom is -0.465 e. The number of likely N-dealkylation sites (tertiary alicyclic amines) is 1. The maximum atomic E-state index is 14.6. The van der Waals surface area contributed by atoms with Crippen molar-refractivity contribution in [2.45, 2.75) is 89.0 Å². The molecule has 3 heterocycles. The zero-order valence-corrected chi connectivity index (χ0v) is 25.5. The average Bonchev–Trinajstić information content (AvgIpc) is 3.50. The fourth-order valence-corrected chi connectivity index (χ4v) is 7.51. The summed E-state index contributed by atoms with van der Waals surface area (Å²) in [6.45, 7) is 14.4. The molecule has 3 unspecified atom stereocenters. The summed E-state index contributed by atoms with van der Waals surface area (Å²) in [4.78, 5) is 46.3. The fourth-order valence-electron chi connectivity index (χ4n) is 7.51. The van der Waals surface area contributed by atoms with Crippen LogP contribution in [0.15, 0.2) is 55.6 Å². The van der Waals surface area contributed by atoms with Gasteiger partial charge in [0.25, 0.3) is 0 Å². The lowest BCUT2D eigenvalue weighted by Crippen LogP contribution is -2.57. The van der Waals surface area contributed by atoms with Crippen LogP contribution in [0.5, 0.6) is 0 Å². The Bertz CT molecular complexity index is 1140. The number of hydrogen-bond donors (Lipinski definition) is 1. The van der Waals surface area contributed by atoms with Gasteiger partial charge in [-0.25, -0.2) is 0 Å². The molecule has 1 N–H and O–H groups in total. The summed E-state index contributed by atoms with van der Waals surface area (Å²) in [6.07, 6.45) is 9.19. The van der Waals surface area contributed by atoms with E-state index in [2.05, 4.69) is 20.1 Å². The van der Waals surface area contributed by atoms with Crippen molar-refractivity contribution in [3.05, 3.63) is 61.2 Å². The number of amides is 2. The van der Waals surface area contributed by atoms with E-state index in [-0.39, 0.29) is 30.9 Å². The van der Waals surface area contributed by atoms with Gasteiger partial charge in [0.1, 0.15) is 17.6 Å². The van der Waals surface area contributed by atoms with E-state index in [0.29, 0.717) is 25.9 Å². The van der Waals surface area contributed by atoms with Crippen LogP contribution in [0, 0.1) is 17.8 Å². The van der Waals surface area contributed by atoms with Gasteiger partial charge in [0.2, 0.25) is 11.8 Å². The number of esters is 1. The van der Waals surface area contributed by atoms with Crippen molar-refractivity contribution in [2.24, 2.45) is 17.8 Å². The van der Waals surface area contributed by atoms with Gasteiger partial charge in [0, 0.05) is 13.1 Å². The van der Waals surface area contributed by atoms with Gasteiger partial charge in [0.15, 0.2) is 0 Å². The molecule has 0 saturated carbocycles. The highest BCUT2D eigenvalue weighted by atomic mass is 16.6. The summed E-state index contributed by atoms with van der Waals surface area (Å²) in [5.41, 5.74) is -1.43. The Balaban J connectivity index is 1.77. The molecule has 1 aromatic rings. The first-order valence-corrected chi connectivity index (χ1v) is 15.6. The zero-order chi connectivity index (χ0) is 30.5. The predicted molar refractivity (Wildman–Crippen MR) is 161 cm³/mol. The third-order valence-electron chi connectivity index (χ3n) is 9.67. The van der Waals surface area contributed by atoms with Gasteiger partial charge >= 0.3 is 5.97 Å². The summed E-state index contributed by atoms with van der Waals surface area (Å²) in [5.74, 6) is -2.85. The Morgan fingerprint density at radius 2 is 1.93 bits per heavy atom. The Labute approximate surface area is 250 Å². The van der Waals surface area contributed by atoms with Crippen LogP contribution in [0.4, 0.5) is 0 Å². The molecule has 4 rings (SSSR count). The maximum Gasteiger partial charge on any atom is 0.312 e. The van der Waals surface area contributed by atoms with Crippen LogP contribution in [0.3, 0.4) is 0 Å². The average molecular weight is 581 g/mol. The van der Waals surface area contributed by atoms with E-state index in [1.807, 2.05) is 50.3 Å². The van der Waals surface area contributed by atoms with E-state index in [1.165, 1.54) is 4.90 Å². The topological polar surface area (TPSA) is 96.4 Å². The fraction of sp³-hybridized carbons (Fsp3) is 0.618. The summed E-state index contributed by atoms with van der Waals surface area (Å²) in [7, 11) is 0. The summed E-state index contributed by atoms with van der Waals surface area (Å²) in [6, 6.07) is 7.50. The lowest BCUT2D eigenvalue weighted by Gasteiger charge is -2.39. The van der Waals surface area contributed by atoms with Crippen LogP contribution in [-0.2, 0) is 23.9 Å².